The Labute approximate surface area is 143 Å². The normalized spacial score (nSPS) is 12.5. The second kappa shape index (κ2) is 7.03. The van der Waals surface area contributed by atoms with Crippen molar-refractivity contribution in [2.45, 2.75) is 36.1 Å². The van der Waals surface area contributed by atoms with Crippen LogP contribution in [-0.2, 0) is 26.1 Å². The fourth-order valence-electron chi connectivity index (χ4n) is 2.22. The summed E-state index contributed by atoms with van der Waals surface area (Å²) in [7, 11) is -6.75. The summed E-state index contributed by atoms with van der Waals surface area (Å²) in [5.41, 5.74) is 1.67. The minimum Gasteiger partial charge on any atom is -0.244 e. The molecular formula is C17H21NO4S2. The summed E-state index contributed by atoms with van der Waals surface area (Å²) in [6.07, 6.45) is 2.78. The topological polar surface area (TPSA) is 81.2 Å². The summed E-state index contributed by atoms with van der Waals surface area (Å²) in [4.78, 5) is 4.19. The van der Waals surface area contributed by atoms with Crippen LogP contribution in [0.3, 0.4) is 0 Å². The molecule has 0 atom stereocenters. The molecule has 0 aliphatic heterocycles. The van der Waals surface area contributed by atoms with Crippen molar-refractivity contribution in [3.63, 3.8) is 0 Å². The number of sulfone groups is 2. The molecule has 0 saturated heterocycles. The van der Waals surface area contributed by atoms with Crippen molar-refractivity contribution in [1.29, 1.82) is 0 Å². The number of benzene rings is 1. The summed E-state index contributed by atoms with van der Waals surface area (Å²) < 4.78 is 47.7. The van der Waals surface area contributed by atoms with Gasteiger partial charge in [0.05, 0.1) is 10.6 Å². The van der Waals surface area contributed by atoms with Crippen LogP contribution in [0.15, 0.2) is 52.5 Å². The van der Waals surface area contributed by atoms with Crippen LogP contribution < -0.4 is 0 Å². The van der Waals surface area contributed by atoms with Crippen LogP contribution in [0.25, 0.3) is 0 Å². The number of pyridine rings is 1. The maximum Gasteiger partial charge on any atom is 0.192 e. The first-order valence-corrected chi connectivity index (χ1v) is 11.1. The molecule has 2 rings (SSSR count). The average Bonchev–Trinajstić information content (AvgIpc) is 2.53. The Morgan fingerprint density at radius 3 is 2.29 bits per heavy atom. The van der Waals surface area contributed by atoms with Gasteiger partial charge in [-0.3, -0.25) is 0 Å². The third kappa shape index (κ3) is 4.64. The van der Waals surface area contributed by atoms with Crippen molar-refractivity contribution in [1.82, 2.24) is 4.98 Å². The van der Waals surface area contributed by atoms with Gasteiger partial charge in [0.2, 0.25) is 0 Å². The Morgan fingerprint density at radius 1 is 1.04 bits per heavy atom. The van der Waals surface area contributed by atoms with Crippen molar-refractivity contribution < 1.29 is 16.8 Å². The zero-order chi connectivity index (χ0) is 18.0. The number of rotatable bonds is 6. The molecule has 24 heavy (non-hydrogen) atoms. The van der Waals surface area contributed by atoms with Crippen LogP contribution in [-0.4, -0.2) is 33.8 Å². The summed E-state index contributed by atoms with van der Waals surface area (Å²) >= 11 is 0. The molecule has 0 bridgehead atoms. The summed E-state index contributed by atoms with van der Waals surface area (Å²) in [5.74, 6) is 0.210. The van der Waals surface area contributed by atoms with Crippen LogP contribution in [0, 0.1) is 0 Å². The van der Waals surface area contributed by atoms with Gasteiger partial charge in [-0.25, -0.2) is 21.8 Å². The molecule has 0 amide bonds. The van der Waals surface area contributed by atoms with Gasteiger partial charge >= 0.3 is 0 Å². The molecule has 0 saturated carbocycles. The summed E-state index contributed by atoms with van der Waals surface area (Å²) in [6.45, 7) is 4.03. The molecule has 0 radical (unpaired) electrons. The minimum atomic E-state index is -3.40. The first-order chi connectivity index (χ1) is 11.1. The molecule has 0 spiro atoms. The minimum absolute atomic E-state index is 0.0151. The van der Waals surface area contributed by atoms with Crippen LogP contribution in [0.2, 0.25) is 0 Å². The molecule has 0 aliphatic carbocycles. The molecule has 0 N–H and O–H groups in total. The number of aromatic nitrogens is 1. The van der Waals surface area contributed by atoms with E-state index in [2.05, 4.69) is 4.98 Å². The third-order valence-corrected chi connectivity index (χ3v) is 6.44. The SMILES string of the molecule is CC(C)c1cccc(S(=O)(=O)CCc2ccc(S(C)(=O)=O)nc2)c1. The van der Waals surface area contributed by atoms with Gasteiger partial charge in [0, 0.05) is 12.5 Å². The van der Waals surface area contributed by atoms with E-state index in [0.29, 0.717) is 10.5 Å². The van der Waals surface area contributed by atoms with Crippen LogP contribution in [0.4, 0.5) is 0 Å². The fraction of sp³-hybridized carbons (Fsp3) is 0.353. The molecule has 2 aromatic rings. The van der Waals surface area contributed by atoms with Gasteiger partial charge in [-0.15, -0.1) is 0 Å². The van der Waals surface area contributed by atoms with Crippen molar-refractivity contribution in [2.24, 2.45) is 0 Å². The van der Waals surface area contributed by atoms with Crippen LogP contribution >= 0.6 is 0 Å². The van der Waals surface area contributed by atoms with Crippen LogP contribution in [0.1, 0.15) is 30.9 Å². The number of aryl methyl sites for hydroxylation is 1. The molecule has 7 heteroatoms. The largest absolute Gasteiger partial charge is 0.244 e. The van der Waals surface area contributed by atoms with Gasteiger partial charge in [-0.2, -0.15) is 0 Å². The van der Waals surface area contributed by atoms with Crippen molar-refractivity contribution >= 4 is 19.7 Å². The van der Waals surface area contributed by atoms with Crippen molar-refractivity contribution in [2.75, 3.05) is 12.0 Å². The van der Waals surface area contributed by atoms with Gasteiger partial charge in [0.1, 0.15) is 0 Å². The van der Waals surface area contributed by atoms with Gasteiger partial charge in [-0.1, -0.05) is 32.0 Å². The van der Waals surface area contributed by atoms with E-state index < -0.39 is 19.7 Å². The van der Waals surface area contributed by atoms with E-state index in [-0.39, 0.29) is 23.1 Å². The second-order valence-corrected chi connectivity index (χ2v) is 10.1. The number of hydrogen-bond acceptors (Lipinski definition) is 5. The standard InChI is InChI=1S/C17H21NO4S2/c1-13(2)15-5-4-6-16(11-15)24(21,22)10-9-14-7-8-17(18-12-14)23(3,19)20/h4-8,11-13H,9-10H2,1-3H3. The smallest absolute Gasteiger partial charge is 0.192 e. The zero-order valence-corrected chi connectivity index (χ0v) is 15.6. The molecule has 5 nitrogen and oxygen atoms in total. The lowest BCUT2D eigenvalue weighted by molar-refractivity contribution is 0.593. The Balaban J connectivity index is 2.14. The second-order valence-electron chi connectivity index (χ2n) is 6.07. The van der Waals surface area contributed by atoms with E-state index in [0.717, 1.165) is 11.8 Å². The highest BCUT2D eigenvalue weighted by Gasteiger charge is 2.16. The lowest BCUT2D eigenvalue weighted by Gasteiger charge is -2.09. The molecular weight excluding hydrogens is 346 g/mol. The molecule has 1 aromatic carbocycles. The van der Waals surface area contributed by atoms with Gasteiger partial charge in [0.15, 0.2) is 24.7 Å². The molecule has 1 heterocycles. The maximum absolute atomic E-state index is 12.5. The monoisotopic (exact) mass is 367 g/mol. The van der Waals surface area contributed by atoms with Crippen molar-refractivity contribution in [3.8, 4) is 0 Å². The molecule has 1 aromatic heterocycles. The summed E-state index contributed by atoms with van der Waals surface area (Å²) in [6, 6.07) is 9.99. The van der Waals surface area contributed by atoms with Gasteiger partial charge in [0.25, 0.3) is 0 Å². The molecule has 0 unspecified atom stereocenters. The van der Waals surface area contributed by atoms with E-state index in [4.69, 9.17) is 0 Å². The highest BCUT2D eigenvalue weighted by atomic mass is 32.2. The molecule has 130 valence electrons. The maximum atomic E-state index is 12.5. The van der Waals surface area contributed by atoms with E-state index in [1.165, 1.54) is 12.3 Å². The summed E-state index contributed by atoms with van der Waals surface area (Å²) in [5, 5.41) is -0.0151. The quantitative estimate of drug-likeness (QED) is 0.784. The Hall–Kier alpha value is -1.73. The van der Waals surface area contributed by atoms with Gasteiger partial charge < -0.3 is 0 Å². The average molecular weight is 367 g/mol. The Morgan fingerprint density at radius 2 is 1.75 bits per heavy atom. The molecule has 0 fully saturated rings. The highest BCUT2D eigenvalue weighted by Crippen LogP contribution is 2.20. The van der Waals surface area contributed by atoms with E-state index in [1.807, 2.05) is 19.9 Å². The van der Waals surface area contributed by atoms with Crippen LogP contribution in [0.5, 0.6) is 0 Å². The first kappa shape index (κ1) is 18.6. The first-order valence-electron chi connectivity index (χ1n) is 7.57. The zero-order valence-electron chi connectivity index (χ0n) is 13.9. The predicted octanol–water partition coefficient (Wildman–Crippen LogP) is 2.62. The van der Waals surface area contributed by atoms with E-state index in [1.54, 1.807) is 24.3 Å². The predicted molar refractivity (Wildman–Crippen MR) is 93.6 cm³/mol. The highest BCUT2D eigenvalue weighted by molar-refractivity contribution is 7.91. The number of nitrogens with zero attached hydrogens (tertiary/aromatic N) is 1. The Kier molecular flexibility index (Phi) is 5.45. The third-order valence-electron chi connectivity index (χ3n) is 3.72. The van der Waals surface area contributed by atoms with E-state index >= 15 is 0 Å². The Bertz CT molecular complexity index is 915. The molecule has 0 aliphatic rings. The lowest BCUT2D eigenvalue weighted by atomic mass is 10.0. The van der Waals surface area contributed by atoms with Crippen molar-refractivity contribution in [3.05, 3.63) is 53.7 Å². The van der Waals surface area contributed by atoms with Gasteiger partial charge in [-0.05, 0) is 41.7 Å². The fourth-order valence-corrected chi connectivity index (χ4v) is 4.12. The van der Waals surface area contributed by atoms with E-state index in [9.17, 15) is 16.8 Å². The number of hydrogen-bond donors (Lipinski definition) is 0. The lowest BCUT2D eigenvalue weighted by Crippen LogP contribution is -2.10.